The van der Waals surface area contributed by atoms with E-state index >= 15 is 0 Å². The Kier molecular flexibility index (Phi) is 5.90. The van der Waals surface area contributed by atoms with Crippen LogP contribution in [-0.2, 0) is 0 Å². The van der Waals surface area contributed by atoms with Gasteiger partial charge in [0.15, 0.2) is 0 Å². The third kappa shape index (κ3) is 4.57. The summed E-state index contributed by atoms with van der Waals surface area (Å²) >= 11 is 0. The highest BCUT2D eigenvalue weighted by atomic mass is 16.3. The molecule has 0 radical (unpaired) electrons. The fraction of sp³-hybridized carbons (Fsp3) is 1.00. The minimum absolute atomic E-state index is 0.135. The van der Waals surface area contributed by atoms with Crippen molar-refractivity contribution in [3.05, 3.63) is 0 Å². The number of nitrogens with one attached hydrogen (secondary N) is 1. The molecule has 1 aliphatic rings. The maximum atomic E-state index is 9.95. The molecule has 1 heterocycles. The highest BCUT2D eigenvalue weighted by Crippen LogP contribution is 2.26. The second-order valence-electron chi connectivity index (χ2n) is 6.16. The summed E-state index contributed by atoms with van der Waals surface area (Å²) in [5.74, 6) is 0.466. The smallest absolute Gasteiger partial charge is 0.0693 e. The zero-order chi connectivity index (χ0) is 12.9. The van der Waals surface area contributed by atoms with Crippen LogP contribution in [0.25, 0.3) is 0 Å². The number of hydrogen-bond acceptors (Lipinski definition) is 3. The minimum Gasteiger partial charge on any atom is -0.392 e. The molecule has 3 heteroatoms. The molecule has 1 fully saturated rings. The van der Waals surface area contributed by atoms with Crippen LogP contribution in [0.2, 0.25) is 0 Å². The van der Waals surface area contributed by atoms with E-state index in [-0.39, 0.29) is 6.10 Å². The van der Waals surface area contributed by atoms with Gasteiger partial charge in [-0.25, -0.2) is 0 Å². The number of hydrogen-bond donors (Lipinski definition) is 2. The SMILES string of the molecule is CCCC(C)(CNC)CN1CCC(C)C(O)C1. The Morgan fingerprint density at radius 2 is 2.18 bits per heavy atom. The van der Waals surface area contributed by atoms with Crippen LogP contribution < -0.4 is 5.32 Å². The molecule has 3 atom stereocenters. The number of likely N-dealkylation sites (tertiary alicyclic amines) is 1. The Morgan fingerprint density at radius 3 is 2.71 bits per heavy atom. The second kappa shape index (κ2) is 6.72. The highest BCUT2D eigenvalue weighted by Gasteiger charge is 2.30. The lowest BCUT2D eigenvalue weighted by Crippen LogP contribution is -2.49. The first-order valence-electron chi connectivity index (χ1n) is 7.06. The first-order valence-corrected chi connectivity index (χ1v) is 7.06. The van der Waals surface area contributed by atoms with Crippen molar-refractivity contribution in [3.8, 4) is 0 Å². The van der Waals surface area contributed by atoms with Gasteiger partial charge in [-0.15, -0.1) is 0 Å². The van der Waals surface area contributed by atoms with Gasteiger partial charge in [0.05, 0.1) is 6.10 Å². The van der Waals surface area contributed by atoms with Gasteiger partial charge in [-0.1, -0.05) is 27.2 Å². The van der Waals surface area contributed by atoms with Gasteiger partial charge in [0, 0.05) is 19.6 Å². The van der Waals surface area contributed by atoms with Crippen LogP contribution in [0.4, 0.5) is 0 Å². The molecular weight excluding hydrogens is 212 g/mol. The number of aliphatic hydroxyl groups excluding tert-OH is 1. The van der Waals surface area contributed by atoms with Gasteiger partial charge in [0.25, 0.3) is 0 Å². The summed E-state index contributed by atoms with van der Waals surface area (Å²) in [6.45, 7) is 10.9. The standard InChI is InChI=1S/C14H30N2O/c1-5-7-14(3,10-15-4)11-16-8-6-12(2)13(17)9-16/h12-13,15,17H,5-11H2,1-4H3. The predicted molar refractivity (Wildman–Crippen MR) is 73.2 cm³/mol. The Balaban J connectivity index is 2.49. The molecule has 0 spiro atoms. The van der Waals surface area contributed by atoms with Crippen molar-refractivity contribution < 1.29 is 5.11 Å². The van der Waals surface area contributed by atoms with E-state index in [0.29, 0.717) is 11.3 Å². The molecule has 0 amide bonds. The van der Waals surface area contributed by atoms with Crippen molar-refractivity contribution in [1.29, 1.82) is 0 Å². The first-order chi connectivity index (χ1) is 8.00. The molecule has 2 N–H and O–H groups in total. The number of rotatable bonds is 6. The number of piperidine rings is 1. The monoisotopic (exact) mass is 242 g/mol. The highest BCUT2D eigenvalue weighted by molar-refractivity contribution is 4.84. The number of nitrogens with zero attached hydrogens (tertiary/aromatic N) is 1. The molecule has 1 rings (SSSR count). The largest absolute Gasteiger partial charge is 0.392 e. The van der Waals surface area contributed by atoms with Crippen LogP contribution in [0.5, 0.6) is 0 Å². The van der Waals surface area contributed by atoms with Crippen LogP contribution in [0, 0.1) is 11.3 Å². The van der Waals surface area contributed by atoms with E-state index in [9.17, 15) is 5.11 Å². The summed E-state index contributed by atoms with van der Waals surface area (Å²) in [6.07, 6.45) is 3.47. The van der Waals surface area contributed by atoms with Gasteiger partial charge in [-0.2, -0.15) is 0 Å². The van der Waals surface area contributed by atoms with Crippen molar-refractivity contribution in [2.75, 3.05) is 33.2 Å². The van der Waals surface area contributed by atoms with Gasteiger partial charge in [-0.05, 0) is 37.8 Å². The van der Waals surface area contributed by atoms with Crippen LogP contribution in [-0.4, -0.2) is 49.3 Å². The fourth-order valence-electron chi connectivity index (χ4n) is 3.05. The van der Waals surface area contributed by atoms with Gasteiger partial charge < -0.3 is 15.3 Å². The molecule has 1 aliphatic heterocycles. The number of β-amino-alcohol motifs (C(OH)–C–C–N with tert-alkyl or cyclic N) is 1. The van der Waals surface area contributed by atoms with E-state index in [1.165, 1.54) is 12.8 Å². The van der Waals surface area contributed by atoms with Crippen LogP contribution in [0.15, 0.2) is 0 Å². The van der Waals surface area contributed by atoms with Crippen molar-refractivity contribution >= 4 is 0 Å². The number of aliphatic hydroxyl groups is 1. The maximum Gasteiger partial charge on any atom is 0.0693 e. The van der Waals surface area contributed by atoms with Crippen molar-refractivity contribution in [1.82, 2.24) is 10.2 Å². The summed E-state index contributed by atoms with van der Waals surface area (Å²) < 4.78 is 0. The molecule has 0 aromatic heterocycles. The normalized spacial score (nSPS) is 30.2. The average molecular weight is 242 g/mol. The Bertz CT molecular complexity index is 214. The molecule has 102 valence electrons. The van der Waals surface area contributed by atoms with Gasteiger partial charge in [0.2, 0.25) is 0 Å². The zero-order valence-corrected chi connectivity index (χ0v) is 12.0. The molecule has 1 saturated heterocycles. The quantitative estimate of drug-likeness (QED) is 0.744. The van der Waals surface area contributed by atoms with E-state index in [1.54, 1.807) is 0 Å². The summed E-state index contributed by atoms with van der Waals surface area (Å²) in [6, 6.07) is 0. The Morgan fingerprint density at radius 1 is 1.47 bits per heavy atom. The molecule has 0 bridgehead atoms. The fourth-order valence-corrected chi connectivity index (χ4v) is 3.05. The van der Waals surface area contributed by atoms with E-state index in [1.807, 2.05) is 7.05 Å². The van der Waals surface area contributed by atoms with Crippen molar-refractivity contribution in [3.63, 3.8) is 0 Å². The summed E-state index contributed by atoms with van der Waals surface area (Å²) in [4.78, 5) is 2.44. The van der Waals surface area contributed by atoms with Crippen LogP contribution in [0.3, 0.4) is 0 Å². The molecule has 0 aliphatic carbocycles. The van der Waals surface area contributed by atoms with Gasteiger partial charge in [0.1, 0.15) is 0 Å². The van der Waals surface area contributed by atoms with Gasteiger partial charge >= 0.3 is 0 Å². The lowest BCUT2D eigenvalue weighted by atomic mass is 9.83. The predicted octanol–water partition coefficient (Wildman–Crippen LogP) is 1.71. The van der Waals surface area contributed by atoms with Crippen molar-refractivity contribution in [2.45, 2.75) is 46.1 Å². The molecule has 0 aromatic rings. The minimum atomic E-state index is -0.135. The van der Waals surface area contributed by atoms with Crippen molar-refractivity contribution in [2.24, 2.45) is 11.3 Å². The van der Waals surface area contributed by atoms with E-state index in [0.717, 1.165) is 32.6 Å². The Hall–Kier alpha value is -0.120. The molecule has 0 aromatic carbocycles. The summed E-state index contributed by atoms with van der Waals surface area (Å²) in [5, 5.41) is 13.3. The lowest BCUT2D eigenvalue weighted by molar-refractivity contribution is 0.0110. The third-order valence-electron chi connectivity index (χ3n) is 4.07. The van der Waals surface area contributed by atoms with E-state index in [2.05, 4.69) is 31.0 Å². The molecular formula is C14H30N2O. The Labute approximate surface area is 107 Å². The van der Waals surface area contributed by atoms with Crippen LogP contribution in [0.1, 0.15) is 40.0 Å². The third-order valence-corrected chi connectivity index (χ3v) is 4.07. The first kappa shape index (κ1) is 14.9. The molecule has 0 saturated carbocycles. The van der Waals surface area contributed by atoms with E-state index in [4.69, 9.17) is 0 Å². The van der Waals surface area contributed by atoms with E-state index < -0.39 is 0 Å². The summed E-state index contributed by atoms with van der Waals surface area (Å²) in [5.41, 5.74) is 0.337. The average Bonchev–Trinajstić information content (AvgIpc) is 2.24. The van der Waals surface area contributed by atoms with Crippen LogP contribution >= 0.6 is 0 Å². The zero-order valence-electron chi connectivity index (χ0n) is 12.0. The lowest BCUT2D eigenvalue weighted by Gasteiger charge is -2.40. The summed E-state index contributed by atoms with van der Waals surface area (Å²) in [7, 11) is 2.03. The topological polar surface area (TPSA) is 35.5 Å². The second-order valence-corrected chi connectivity index (χ2v) is 6.16. The molecule has 3 nitrogen and oxygen atoms in total. The molecule has 17 heavy (non-hydrogen) atoms. The molecule has 3 unspecified atom stereocenters. The van der Waals surface area contributed by atoms with Gasteiger partial charge in [-0.3, -0.25) is 0 Å². The maximum absolute atomic E-state index is 9.95.